The van der Waals surface area contributed by atoms with E-state index in [1.807, 2.05) is 18.2 Å². The lowest BCUT2D eigenvalue weighted by Crippen LogP contribution is -2.57. The van der Waals surface area contributed by atoms with E-state index in [1.165, 1.54) is 10.4 Å². The lowest BCUT2D eigenvalue weighted by atomic mass is 10.0. The van der Waals surface area contributed by atoms with Crippen LogP contribution in [-0.2, 0) is 14.8 Å². The number of thiophene rings is 1. The first-order valence-corrected chi connectivity index (χ1v) is 14.6. The second kappa shape index (κ2) is 9.62. The number of nitrogens with zero attached hydrogens (tertiary/aromatic N) is 4. The number of fused-ring (bicyclic) bond motifs is 1. The zero-order valence-corrected chi connectivity index (χ0v) is 21.9. The molecular formula is C22H25ClN4O4S3. The summed E-state index contributed by atoms with van der Waals surface area (Å²) in [5.41, 5.74) is 0.927. The minimum absolute atomic E-state index is 0.111. The zero-order valence-electron chi connectivity index (χ0n) is 18.6. The molecule has 2 aromatic heterocycles. The highest BCUT2D eigenvalue weighted by atomic mass is 35.5. The Labute approximate surface area is 211 Å². The molecule has 2 fully saturated rings. The number of carbonyl (C=O) groups excluding carboxylic acids is 1. The van der Waals surface area contributed by atoms with Crippen LogP contribution in [0.5, 0.6) is 5.75 Å². The number of carbonyl (C=O) groups is 1. The van der Waals surface area contributed by atoms with Crippen LogP contribution in [0.1, 0.15) is 19.3 Å². The molecular weight excluding hydrogens is 516 g/mol. The van der Waals surface area contributed by atoms with E-state index in [-0.39, 0.29) is 10.1 Å². The van der Waals surface area contributed by atoms with Gasteiger partial charge in [0.25, 0.3) is 10.0 Å². The molecule has 2 aliphatic rings. The van der Waals surface area contributed by atoms with Crippen molar-refractivity contribution in [3.63, 3.8) is 0 Å². The molecule has 182 valence electrons. The Morgan fingerprint density at radius 2 is 1.88 bits per heavy atom. The fourth-order valence-electron chi connectivity index (χ4n) is 4.48. The largest absolute Gasteiger partial charge is 0.497 e. The van der Waals surface area contributed by atoms with Crippen molar-refractivity contribution >= 4 is 65.6 Å². The molecule has 0 aliphatic carbocycles. The van der Waals surface area contributed by atoms with E-state index < -0.39 is 16.1 Å². The van der Waals surface area contributed by atoms with Crippen molar-refractivity contribution in [2.45, 2.75) is 29.5 Å². The highest BCUT2D eigenvalue weighted by molar-refractivity contribution is 7.91. The number of methoxy groups -OCH3 is 1. The summed E-state index contributed by atoms with van der Waals surface area (Å²) >= 11 is 8.62. The van der Waals surface area contributed by atoms with Gasteiger partial charge in [0.15, 0.2) is 5.13 Å². The van der Waals surface area contributed by atoms with Crippen molar-refractivity contribution in [3.05, 3.63) is 34.7 Å². The number of piperidine rings is 1. The summed E-state index contributed by atoms with van der Waals surface area (Å²) in [7, 11) is -2.11. The van der Waals surface area contributed by atoms with Gasteiger partial charge in [-0.05, 0) is 43.2 Å². The quantitative estimate of drug-likeness (QED) is 0.488. The monoisotopic (exact) mass is 540 g/mol. The van der Waals surface area contributed by atoms with Crippen LogP contribution >= 0.6 is 34.3 Å². The molecule has 2 saturated heterocycles. The lowest BCUT2D eigenvalue weighted by Gasteiger charge is -2.40. The Kier molecular flexibility index (Phi) is 6.73. The number of hydrogen-bond donors (Lipinski definition) is 0. The van der Waals surface area contributed by atoms with Crippen LogP contribution in [0.25, 0.3) is 10.2 Å². The number of aromatic nitrogens is 1. The van der Waals surface area contributed by atoms with Crippen molar-refractivity contribution in [1.29, 1.82) is 0 Å². The van der Waals surface area contributed by atoms with Gasteiger partial charge in [0.1, 0.15) is 16.0 Å². The molecule has 0 radical (unpaired) electrons. The first-order valence-electron chi connectivity index (χ1n) is 11.1. The van der Waals surface area contributed by atoms with Gasteiger partial charge in [-0.15, -0.1) is 11.3 Å². The van der Waals surface area contributed by atoms with E-state index in [0.29, 0.717) is 43.5 Å². The first-order chi connectivity index (χ1) is 16.4. The number of sulfonamides is 1. The number of amides is 1. The minimum atomic E-state index is -3.76. The minimum Gasteiger partial charge on any atom is -0.497 e. The maximum atomic E-state index is 13.5. The number of anilines is 1. The molecule has 0 N–H and O–H groups in total. The Balaban J connectivity index is 1.28. The average molecular weight is 541 g/mol. The number of benzene rings is 1. The molecule has 1 aromatic carbocycles. The smallest absolute Gasteiger partial charge is 0.253 e. The fraction of sp³-hybridized carbons (Fsp3) is 0.455. The summed E-state index contributed by atoms with van der Waals surface area (Å²) in [6, 6.07) is 8.27. The van der Waals surface area contributed by atoms with Gasteiger partial charge in [0.05, 0.1) is 21.7 Å². The van der Waals surface area contributed by atoms with Crippen molar-refractivity contribution in [1.82, 2.24) is 14.2 Å². The van der Waals surface area contributed by atoms with Gasteiger partial charge < -0.3 is 14.5 Å². The third kappa shape index (κ3) is 4.51. The number of piperazine rings is 1. The number of rotatable bonds is 5. The first kappa shape index (κ1) is 23.8. The maximum absolute atomic E-state index is 13.5. The zero-order chi connectivity index (χ0) is 23.9. The fourth-order valence-corrected chi connectivity index (χ4v) is 8.78. The van der Waals surface area contributed by atoms with Gasteiger partial charge in [-0.1, -0.05) is 29.4 Å². The van der Waals surface area contributed by atoms with Crippen LogP contribution < -0.4 is 9.64 Å². The summed E-state index contributed by atoms with van der Waals surface area (Å²) in [5, 5.41) is 0.923. The number of hydrogen-bond acceptors (Lipinski definition) is 8. The summed E-state index contributed by atoms with van der Waals surface area (Å²) in [4.78, 5) is 22.2. The van der Waals surface area contributed by atoms with Crippen LogP contribution in [0.3, 0.4) is 0 Å². The van der Waals surface area contributed by atoms with Gasteiger partial charge in [-0.2, -0.15) is 4.31 Å². The van der Waals surface area contributed by atoms with E-state index in [9.17, 15) is 13.2 Å². The van der Waals surface area contributed by atoms with Crippen LogP contribution in [0, 0.1) is 0 Å². The Hall–Kier alpha value is -1.92. The average Bonchev–Trinajstić information content (AvgIpc) is 3.50. The predicted molar refractivity (Wildman–Crippen MR) is 136 cm³/mol. The van der Waals surface area contributed by atoms with E-state index in [4.69, 9.17) is 21.3 Å². The molecule has 0 saturated carbocycles. The van der Waals surface area contributed by atoms with Crippen LogP contribution in [0.15, 0.2) is 34.5 Å². The molecule has 34 heavy (non-hydrogen) atoms. The van der Waals surface area contributed by atoms with Crippen molar-refractivity contribution in [2.75, 3.05) is 44.7 Å². The molecule has 0 bridgehead atoms. The van der Waals surface area contributed by atoms with Crippen LogP contribution in [0.4, 0.5) is 5.13 Å². The maximum Gasteiger partial charge on any atom is 0.253 e. The third-order valence-corrected chi connectivity index (χ3v) is 11.0. The topological polar surface area (TPSA) is 83.1 Å². The van der Waals surface area contributed by atoms with Gasteiger partial charge in [-0.3, -0.25) is 4.79 Å². The standard InChI is InChI=1S/C22H25ClN4O4S3/c1-31-15-5-6-16-18(14-15)32-22(24-16)26-12-10-25(11-13-26)21(28)17-4-2-3-9-27(17)34(29,30)20-8-7-19(23)33-20/h5-8,14,17H,2-4,9-13H2,1H3. The van der Waals surface area contributed by atoms with Crippen molar-refractivity contribution in [3.8, 4) is 5.75 Å². The molecule has 1 unspecified atom stereocenters. The van der Waals surface area contributed by atoms with Crippen molar-refractivity contribution in [2.24, 2.45) is 0 Å². The number of ether oxygens (including phenoxy) is 1. The Morgan fingerprint density at radius 1 is 1.09 bits per heavy atom. The second-order valence-electron chi connectivity index (χ2n) is 8.33. The predicted octanol–water partition coefficient (Wildman–Crippen LogP) is 3.91. The van der Waals surface area contributed by atoms with Crippen molar-refractivity contribution < 1.29 is 17.9 Å². The number of halogens is 1. The molecule has 4 heterocycles. The number of thiazole rings is 1. The van der Waals surface area contributed by atoms with Gasteiger partial charge in [0.2, 0.25) is 5.91 Å². The summed E-state index contributed by atoms with van der Waals surface area (Å²) in [6.07, 6.45) is 2.12. The van der Waals surface area contributed by atoms with Gasteiger partial charge >= 0.3 is 0 Å². The molecule has 1 atom stereocenters. The highest BCUT2D eigenvalue weighted by Gasteiger charge is 2.40. The molecule has 8 nitrogen and oxygen atoms in total. The molecule has 0 spiro atoms. The van der Waals surface area contributed by atoms with E-state index >= 15 is 0 Å². The molecule has 5 rings (SSSR count). The third-order valence-electron chi connectivity index (χ3n) is 6.30. The Bertz CT molecular complexity index is 1300. The summed E-state index contributed by atoms with van der Waals surface area (Å²) < 4.78 is 34.9. The molecule has 12 heteroatoms. The van der Waals surface area contributed by atoms with E-state index in [2.05, 4.69) is 4.90 Å². The SMILES string of the molecule is COc1ccc2nc(N3CCN(C(=O)C4CCCCN4S(=O)(=O)c4ccc(Cl)s4)CC3)sc2c1. The Morgan fingerprint density at radius 3 is 2.59 bits per heavy atom. The van der Waals surface area contributed by atoms with Crippen LogP contribution in [0.2, 0.25) is 4.34 Å². The molecule has 3 aromatic rings. The van der Waals surface area contributed by atoms with Crippen LogP contribution in [-0.4, -0.2) is 74.4 Å². The van der Waals surface area contributed by atoms with E-state index in [0.717, 1.165) is 45.3 Å². The summed E-state index contributed by atoms with van der Waals surface area (Å²) in [5.74, 6) is 0.689. The summed E-state index contributed by atoms with van der Waals surface area (Å²) in [6.45, 7) is 2.73. The van der Waals surface area contributed by atoms with E-state index in [1.54, 1.807) is 29.4 Å². The van der Waals surface area contributed by atoms with Gasteiger partial charge in [0, 0.05) is 32.7 Å². The highest BCUT2D eigenvalue weighted by Crippen LogP contribution is 2.34. The van der Waals surface area contributed by atoms with Gasteiger partial charge in [-0.25, -0.2) is 13.4 Å². The lowest BCUT2D eigenvalue weighted by molar-refractivity contribution is -0.136. The second-order valence-corrected chi connectivity index (χ2v) is 13.2. The molecule has 1 amide bonds. The normalized spacial score (nSPS) is 20.1. The molecule has 2 aliphatic heterocycles.